The molecule has 1 heterocycles. The molecular weight excluding hydrogens is 260 g/mol. The maximum absolute atomic E-state index is 11.5. The minimum Gasteiger partial charge on any atom is -0.481 e. The quantitative estimate of drug-likeness (QED) is 0.828. The maximum Gasteiger partial charge on any atom is 0.431 e. The van der Waals surface area contributed by atoms with E-state index in [9.17, 15) is 4.79 Å². The molecule has 7 heteroatoms. The van der Waals surface area contributed by atoms with Crippen LogP contribution in [-0.2, 0) is 0 Å². The first-order valence-electron chi connectivity index (χ1n) is 5.86. The first kappa shape index (κ1) is 13.6. The zero-order valence-electron chi connectivity index (χ0n) is 11.1. The number of para-hydroxylation sites is 1. The van der Waals surface area contributed by atoms with Crippen molar-refractivity contribution in [3.63, 3.8) is 0 Å². The van der Waals surface area contributed by atoms with Gasteiger partial charge >= 0.3 is 6.09 Å². The molecule has 0 aliphatic rings. The summed E-state index contributed by atoms with van der Waals surface area (Å²) in [7, 11) is 1.50. The topological polar surface area (TPSA) is 85.4 Å². The van der Waals surface area contributed by atoms with E-state index in [4.69, 9.17) is 9.47 Å². The number of nitrogens with zero attached hydrogens (tertiary/aromatic N) is 2. The standard InChI is InChI=1S/C13H14N4O3/c1-9-8-11(19-2)15-12(14-9)16-17-13(18)20-10-6-4-3-5-7-10/h3-8H,1-2H3,(H,17,18)(H,14,15,16). The van der Waals surface area contributed by atoms with Crippen molar-refractivity contribution in [1.29, 1.82) is 0 Å². The molecule has 1 aromatic carbocycles. The molecule has 0 spiro atoms. The molecule has 1 aromatic heterocycles. The van der Waals surface area contributed by atoms with Crippen molar-refractivity contribution in [2.45, 2.75) is 6.92 Å². The van der Waals surface area contributed by atoms with E-state index in [0.29, 0.717) is 17.3 Å². The van der Waals surface area contributed by atoms with Crippen molar-refractivity contribution in [2.24, 2.45) is 0 Å². The first-order chi connectivity index (χ1) is 9.67. The second kappa shape index (κ2) is 6.37. The Morgan fingerprint density at radius 3 is 2.65 bits per heavy atom. The second-order valence-corrected chi connectivity index (χ2v) is 3.83. The van der Waals surface area contributed by atoms with Crippen LogP contribution in [0.5, 0.6) is 11.6 Å². The van der Waals surface area contributed by atoms with Gasteiger partial charge in [0.1, 0.15) is 5.75 Å². The Bertz CT molecular complexity index is 589. The highest BCUT2D eigenvalue weighted by atomic mass is 16.6. The monoisotopic (exact) mass is 274 g/mol. The van der Waals surface area contributed by atoms with E-state index < -0.39 is 6.09 Å². The molecule has 2 N–H and O–H groups in total. The molecular formula is C13H14N4O3. The second-order valence-electron chi connectivity index (χ2n) is 3.83. The third-order valence-electron chi connectivity index (χ3n) is 2.27. The molecule has 0 unspecified atom stereocenters. The lowest BCUT2D eigenvalue weighted by atomic mass is 10.3. The van der Waals surface area contributed by atoms with Crippen LogP contribution < -0.4 is 20.3 Å². The third kappa shape index (κ3) is 3.84. The number of aryl methyl sites for hydroxylation is 1. The predicted molar refractivity (Wildman–Crippen MR) is 72.5 cm³/mol. The average molecular weight is 274 g/mol. The number of carbonyl (C=O) groups is 1. The van der Waals surface area contributed by atoms with Crippen LogP contribution in [-0.4, -0.2) is 23.2 Å². The van der Waals surface area contributed by atoms with E-state index in [1.54, 1.807) is 37.3 Å². The Morgan fingerprint density at radius 2 is 1.95 bits per heavy atom. The van der Waals surface area contributed by atoms with E-state index >= 15 is 0 Å². The number of aromatic nitrogens is 2. The summed E-state index contributed by atoms with van der Waals surface area (Å²) < 4.78 is 10.0. The van der Waals surface area contributed by atoms with Gasteiger partial charge in [0.05, 0.1) is 7.11 Å². The highest BCUT2D eigenvalue weighted by Crippen LogP contribution is 2.11. The summed E-state index contributed by atoms with van der Waals surface area (Å²) in [4.78, 5) is 19.6. The Morgan fingerprint density at radius 1 is 1.20 bits per heavy atom. The zero-order chi connectivity index (χ0) is 14.4. The predicted octanol–water partition coefficient (Wildman–Crippen LogP) is 1.91. The van der Waals surface area contributed by atoms with Crippen LogP contribution in [0.15, 0.2) is 36.4 Å². The summed E-state index contributed by atoms with van der Waals surface area (Å²) in [6.45, 7) is 1.79. The number of benzene rings is 1. The van der Waals surface area contributed by atoms with Gasteiger partial charge in [-0.15, -0.1) is 0 Å². The van der Waals surface area contributed by atoms with Gasteiger partial charge in [-0.2, -0.15) is 4.98 Å². The zero-order valence-corrected chi connectivity index (χ0v) is 11.1. The molecule has 0 radical (unpaired) electrons. The van der Waals surface area contributed by atoms with Gasteiger partial charge in [0, 0.05) is 11.8 Å². The Balaban J connectivity index is 1.92. The maximum atomic E-state index is 11.5. The van der Waals surface area contributed by atoms with E-state index in [-0.39, 0.29) is 5.95 Å². The molecule has 0 atom stereocenters. The molecule has 0 saturated carbocycles. The lowest BCUT2D eigenvalue weighted by Gasteiger charge is -2.09. The van der Waals surface area contributed by atoms with Crippen LogP contribution in [0.25, 0.3) is 0 Å². The number of hydrogen-bond acceptors (Lipinski definition) is 6. The third-order valence-corrected chi connectivity index (χ3v) is 2.27. The fourth-order valence-corrected chi connectivity index (χ4v) is 1.43. The van der Waals surface area contributed by atoms with Crippen LogP contribution in [0.3, 0.4) is 0 Å². The van der Waals surface area contributed by atoms with Gasteiger partial charge in [-0.05, 0) is 19.1 Å². The number of carbonyl (C=O) groups excluding carboxylic acids is 1. The fraction of sp³-hybridized carbons (Fsp3) is 0.154. The molecule has 2 rings (SSSR count). The summed E-state index contributed by atoms with van der Waals surface area (Å²) in [5.74, 6) is 1.06. The molecule has 104 valence electrons. The molecule has 0 fully saturated rings. The van der Waals surface area contributed by atoms with E-state index in [2.05, 4.69) is 20.8 Å². The fourth-order valence-electron chi connectivity index (χ4n) is 1.43. The lowest BCUT2D eigenvalue weighted by Crippen LogP contribution is -2.33. The number of anilines is 1. The average Bonchev–Trinajstić information content (AvgIpc) is 2.45. The van der Waals surface area contributed by atoms with Crippen LogP contribution in [0.1, 0.15) is 5.69 Å². The summed E-state index contributed by atoms with van der Waals surface area (Å²) in [5.41, 5.74) is 5.59. The van der Waals surface area contributed by atoms with Gasteiger partial charge in [0.2, 0.25) is 11.8 Å². The first-order valence-corrected chi connectivity index (χ1v) is 5.86. The van der Waals surface area contributed by atoms with Gasteiger partial charge < -0.3 is 9.47 Å². The van der Waals surface area contributed by atoms with Gasteiger partial charge in [0.25, 0.3) is 0 Å². The smallest absolute Gasteiger partial charge is 0.431 e. The number of amides is 1. The number of hydrogen-bond donors (Lipinski definition) is 2. The van der Waals surface area contributed by atoms with Crippen LogP contribution in [0, 0.1) is 6.92 Å². The van der Waals surface area contributed by atoms with Gasteiger partial charge in [-0.1, -0.05) is 18.2 Å². The molecule has 0 aliphatic heterocycles. The SMILES string of the molecule is COc1cc(C)nc(NNC(=O)Oc2ccccc2)n1. The van der Waals surface area contributed by atoms with Crippen molar-refractivity contribution in [3.8, 4) is 11.6 Å². The molecule has 0 saturated heterocycles. The number of ether oxygens (including phenoxy) is 2. The lowest BCUT2D eigenvalue weighted by molar-refractivity contribution is 0.202. The normalized spacial score (nSPS) is 9.70. The highest BCUT2D eigenvalue weighted by Gasteiger charge is 2.06. The van der Waals surface area contributed by atoms with Gasteiger partial charge in [0.15, 0.2) is 0 Å². The molecule has 2 aromatic rings. The Labute approximate surface area is 115 Å². The number of hydrazine groups is 1. The molecule has 0 aliphatic carbocycles. The molecule has 20 heavy (non-hydrogen) atoms. The van der Waals surface area contributed by atoms with Crippen LogP contribution in [0.4, 0.5) is 10.7 Å². The molecule has 1 amide bonds. The van der Waals surface area contributed by atoms with Crippen LogP contribution >= 0.6 is 0 Å². The van der Waals surface area contributed by atoms with Crippen molar-refractivity contribution in [1.82, 2.24) is 15.4 Å². The largest absolute Gasteiger partial charge is 0.481 e. The molecule has 0 bridgehead atoms. The summed E-state index contributed by atoms with van der Waals surface area (Å²) in [5, 5.41) is 0. The minimum atomic E-state index is -0.666. The van der Waals surface area contributed by atoms with Crippen LogP contribution in [0.2, 0.25) is 0 Å². The summed E-state index contributed by atoms with van der Waals surface area (Å²) >= 11 is 0. The van der Waals surface area contributed by atoms with Gasteiger partial charge in [-0.25, -0.2) is 15.2 Å². The van der Waals surface area contributed by atoms with Crippen molar-refractivity contribution in [3.05, 3.63) is 42.1 Å². The van der Waals surface area contributed by atoms with Crippen molar-refractivity contribution in [2.75, 3.05) is 12.5 Å². The minimum absolute atomic E-state index is 0.215. The number of methoxy groups -OCH3 is 1. The Kier molecular flexibility index (Phi) is 4.33. The number of nitrogens with one attached hydrogen (secondary N) is 2. The summed E-state index contributed by atoms with van der Waals surface area (Å²) in [6, 6.07) is 10.4. The molecule has 7 nitrogen and oxygen atoms in total. The number of rotatable bonds is 4. The van der Waals surface area contributed by atoms with Crippen molar-refractivity contribution >= 4 is 12.0 Å². The van der Waals surface area contributed by atoms with Crippen molar-refractivity contribution < 1.29 is 14.3 Å². The highest BCUT2D eigenvalue weighted by molar-refractivity contribution is 5.71. The van der Waals surface area contributed by atoms with E-state index in [1.165, 1.54) is 7.11 Å². The van der Waals surface area contributed by atoms with E-state index in [1.807, 2.05) is 6.07 Å². The van der Waals surface area contributed by atoms with Gasteiger partial charge in [-0.3, -0.25) is 5.43 Å². The Hall–Kier alpha value is -2.83. The van der Waals surface area contributed by atoms with E-state index in [0.717, 1.165) is 0 Å². The summed E-state index contributed by atoms with van der Waals surface area (Å²) in [6.07, 6.45) is -0.666.